The van der Waals surface area contributed by atoms with E-state index in [1.807, 2.05) is 13.8 Å². The summed E-state index contributed by atoms with van der Waals surface area (Å²) >= 11 is 0. The first-order chi connectivity index (χ1) is 9.15. The molecule has 0 aromatic carbocycles. The van der Waals surface area contributed by atoms with Crippen LogP contribution >= 0.6 is 12.4 Å². The molecule has 1 rings (SSSR count). The van der Waals surface area contributed by atoms with Gasteiger partial charge in [0, 0.05) is 32.2 Å². The van der Waals surface area contributed by atoms with Gasteiger partial charge in [-0.15, -0.1) is 12.4 Å². The van der Waals surface area contributed by atoms with Crippen LogP contribution in [0.2, 0.25) is 0 Å². The molecule has 0 aliphatic heterocycles. The molecule has 1 atom stereocenters. The van der Waals surface area contributed by atoms with Crippen LogP contribution in [0.4, 0.5) is 0 Å². The van der Waals surface area contributed by atoms with Gasteiger partial charge >= 0.3 is 0 Å². The van der Waals surface area contributed by atoms with E-state index in [1.54, 1.807) is 7.11 Å². The van der Waals surface area contributed by atoms with E-state index in [1.165, 1.54) is 0 Å². The summed E-state index contributed by atoms with van der Waals surface area (Å²) in [5, 5.41) is 6.86. The van der Waals surface area contributed by atoms with E-state index in [-0.39, 0.29) is 30.8 Å². The number of amides is 1. The monoisotopic (exact) mass is 305 g/mol. The largest absolute Gasteiger partial charge is 0.380 e. The van der Waals surface area contributed by atoms with Gasteiger partial charge < -0.3 is 20.3 Å². The van der Waals surface area contributed by atoms with E-state index in [4.69, 9.17) is 15.0 Å². The summed E-state index contributed by atoms with van der Waals surface area (Å²) in [5.41, 5.74) is 7.37. The lowest BCUT2D eigenvalue weighted by Gasteiger charge is -2.12. The van der Waals surface area contributed by atoms with Gasteiger partial charge in [-0.1, -0.05) is 19.0 Å². The Kier molecular flexibility index (Phi) is 9.20. The number of nitrogens with one attached hydrogen (secondary N) is 1. The number of hydrogen-bond donors (Lipinski definition) is 2. The number of carbonyl (C=O) groups excluding carboxylic acids is 1. The summed E-state index contributed by atoms with van der Waals surface area (Å²) < 4.78 is 10.3. The van der Waals surface area contributed by atoms with Gasteiger partial charge in [0.15, 0.2) is 0 Å². The van der Waals surface area contributed by atoms with Crippen molar-refractivity contribution in [1.29, 1.82) is 0 Å². The lowest BCUT2D eigenvalue weighted by molar-refractivity contribution is -0.123. The minimum absolute atomic E-state index is 0. The summed E-state index contributed by atoms with van der Waals surface area (Å²) in [7, 11) is 1.55. The minimum atomic E-state index is -0.237. The van der Waals surface area contributed by atoms with Crippen LogP contribution in [0.25, 0.3) is 0 Å². The van der Waals surface area contributed by atoms with Crippen molar-refractivity contribution in [2.24, 2.45) is 5.73 Å². The molecule has 1 unspecified atom stereocenters. The van der Waals surface area contributed by atoms with Gasteiger partial charge in [-0.3, -0.25) is 4.79 Å². The van der Waals surface area contributed by atoms with E-state index in [9.17, 15) is 4.79 Å². The van der Waals surface area contributed by atoms with Crippen molar-refractivity contribution in [3.63, 3.8) is 0 Å². The zero-order chi connectivity index (χ0) is 14.3. The lowest BCUT2D eigenvalue weighted by Crippen LogP contribution is -2.32. The Labute approximate surface area is 125 Å². The smallest absolute Gasteiger partial charge is 0.222 e. The van der Waals surface area contributed by atoms with Gasteiger partial charge in [-0.2, -0.15) is 0 Å². The van der Waals surface area contributed by atoms with Crippen LogP contribution in [-0.4, -0.2) is 30.8 Å². The van der Waals surface area contributed by atoms with Crippen LogP contribution in [0.15, 0.2) is 4.52 Å². The van der Waals surface area contributed by atoms with E-state index in [0.29, 0.717) is 13.1 Å². The first-order valence-corrected chi connectivity index (χ1v) is 6.62. The van der Waals surface area contributed by atoms with Gasteiger partial charge in [0.05, 0.1) is 18.2 Å². The van der Waals surface area contributed by atoms with Gasteiger partial charge in [-0.05, 0) is 6.42 Å². The van der Waals surface area contributed by atoms with Crippen molar-refractivity contribution >= 4 is 18.3 Å². The Morgan fingerprint density at radius 2 is 2.15 bits per heavy atom. The van der Waals surface area contributed by atoms with Crippen molar-refractivity contribution in [3.05, 3.63) is 17.0 Å². The average Bonchev–Trinajstić information content (AvgIpc) is 2.84. The number of nitrogens with two attached hydrogens (primary N) is 1. The highest BCUT2D eigenvalue weighted by Gasteiger charge is 2.16. The number of methoxy groups -OCH3 is 1. The summed E-state index contributed by atoms with van der Waals surface area (Å²) in [6, 6.07) is 0. The Bertz CT molecular complexity index is 384. The number of halogens is 1. The van der Waals surface area contributed by atoms with Gasteiger partial charge in [0.2, 0.25) is 5.91 Å². The minimum Gasteiger partial charge on any atom is -0.380 e. The van der Waals surface area contributed by atoms with E-state index in [2.05, 4.69) is 10.5 Å². The first kappa shape index (κ1) is 18.9. The van der Waals surface area contributed by atoms with Gasteiger partial charge in [0.25, 0.3) is 0 Å². The molecule has 1 aromatic heterocycles. The standard InChI is InChI=1S/C13H23N3O3.ClH/c1-4-11-10(12(5-2)19-16-11)8-15-13(17)6-9(7-14)18-3;/h9H,4-8,14H2,1-3H3,(H,15,17);1H. The highest BCUT2D eigenvalue weighted by atomic mass is 35.5. The maximum absolute atomic E-state index is 11.8. The van der Waals surface area contributed by atoms with Crippen molar-refractivity contribution in [2.45, 2.75) is 45.8 Å². The second-order valence-electron chi connectivity index (χ2n) is 4.31. The quantitative estimate of drug-likeness (QED) is 0.753. The molecule has 1 heterocycles. The lowest BCUT2D eigenvalue weighted by atomic mass is 10.1. The maximum Gasteiger partial charge on any atom is 0.222 e. The van der Waals surface area contributed by atoms with Crippen LogP contribution in [0.5, 0.6) is 0 Å². The van der Waals surface area contributed by atoms with E-state index >= 15 is 0 Å². The fraction of sp³-hybridized carbons (Fsp3) is 0.692. The molecule has 20 heavy (non-hydrogen) atoms. The van der Waals surface area contributed by atoms with Crippen LogP contribution in [0.3, 0.4) is 0 Å². The number of rotatable bonds is 8. The Balaban J connectivity index is 0.00000361. The fourth-order valence-corrected chi connectivity index (χ4v) is 1.87. The molecular weight excluding hydrogens is 282 g/mol. The van der Waals surface area contributed by atoms with Crippen LogP contribution in [0.1, 0.15) is 37.3 Å². The summed E-state index contributed by atoms with van der Waals surface area (Å²) in [5.74, 6) is 0.752. The second-order valence-corrected chi connectivity index (χ2v) is 4.31. The third-order valence-corrected chi connectivity index (χ3v) is 3.08. The first-order valence-electron chi connectivity index (χ1n) is 6.62. The van der Waals surface area contributed by atoms with Crippen LogP contribution in [-0.2, 0) is 28.9 Å². The molecule has 0 radical (unpaired) electrons. The number of aromatic nitrogens is 1. The molecule has 0 aliphatic rings. The summed E-state index contributed by atoms with van der Waals surface area (Å²) in [6.07, 6.45) is 1.58. The van der Waals surface area contributed by atoms with Crippen molar-refractivity contribution in [1.82, 2.24) is 10.5 Å². The molecule has 0 bridgehead atoms. The predicted octanol–water partition coefficient (Wildman–Crippen LogP) is 1.20. The Hall–Kier alpha value is -1.11. The number of ether oxygens (including phenoxy) is 1. The zero-order valence-corrected chi connectivity index (χ0v) is 13.1. The van der Waals surface area contributed by atoms with Crippen molar-refractivity contribution < 1.29 is 14.1 Å². The fourth-order valence-electron chi connectivity index (χ4n) is 1.87. The second kappa shape index (κ2) is 9.74. The molecule has 7 heteroatoms. The number of carbonyl (C=O) groups is 1. The highest BCUT2D eigenvalue weighted by Crippen LogP contribution is 2.15. The molecule has 0 saturated heterocycles. The highest BCUT2D eigenvalue weighted by molar-refractivity contribution is 5.85. The molecule has 1 amide bonds. The van der Waals surface area contributed by atoms with E-state index < -0.39 is 0 Å². The van der Waals surface area contributed by atoms with Crippen LogP contribution in [0, 0.1) is 0 Å². The number of hydrogen-bond acceptors (Lipinski definition) is 5. The SMILES string of the molecule is CCc1noc(CC)c1CNC(=O)CC(CN)OC.Cl. The number of nitrogens with zero attached hydrogens (tertiary/aromatic N) is 1. The molecule has 3 N–H and O–H groups in total. The molecule has 0 aliphatic carbocycles. The van der Waals surface area contributed by atoms with Gasteiger partial charge in [0.1, 0.15) is 5.76 Å². The maximum atomic E-state index is 11.8. The molecule has 0 fully saturated rings. The van der Waals surface area contributed by atoms with Crippen molar-refractivity contribution in [2.75, 3.05) is 13.7 Å². The molecule has 0 spiro atoms. The van der Waals surface area contributed by atoms with Crippen LogP contribution < -0.4 is 11.1 Å². The molecular formula is C13H24ClN3O3. The zero-order valence-electron chi connectivity index (χ0n) is 12.3. The summed E-state index contributed by atoms with van der Waals surface area (Å²) in [4.78, 5) is 11.8. The molecule has 6 nitrogen and oxygen atoms in total. The Morgan fingerprint density at radius 1 is 1.45 bits per heavy atom. The molecule has 116 valence electrons. The summed E-state index contributed by atoms with van der Waals surface area (Å²) in [6.45, 7) is 4.78. The number of aryl methyl sites for hydroxylation is 2. The third kappa shape index (κ3) is 5.11. The van der Waals surface area contributed by atoms with Gasteiger partial charge in [-0.25, -0.2) is 0 Å². The average molecular weight is 306 g/mol. The topological polar surface area (TPSA) is 90.4 Å². The Morgan fingerprint density at radius 3 is 2.65 bits per heavy atom. The normalized spacial score (nSPS) is 11.8. The molecule has 0 saturated carbocycles. The third-order valence-electron chi connectivity index (χ3n) is 3.08. The van der Waals surface area contributed by atoms with E-state index in [0.717, 1.165) is 29.9 Å². The van der Waals surface area contributed by atoms with Crippen molar-refractivity contribution in [3.8, 4) is 0 Å². The predicted molar refractivity (Wildman–Crippen MR) is 78.8 cm³/mol. The molecule has 1 aromatic rings.